The predicted octanol–water partition coefficient (Wildman–Crippen LogP) is 2.71. The fourth-order valence-corrected chi connectivity index (χ4v) is 3.16. The average molecular weight is 281 g/mol. The molecule has 2 rings (SSSR count). The minimum atomic E-state index is -0.337. The Kier molecular flexibility index (Phi) is 5.88. The number of halogens is 1. The van der Waals surface area contributed by atoms with Gasteiger partial charge in [0.05, 0.1) is 18.3 Å². The van der Waals surface area contributed by atoms with Gasteiger partial charge in [-0.25, -0.2) is 4.39 Å². The molecule has 0 bridgehead atoms. The molecule has 2 unspecified atom stereocenters. The normalized spacial score (nSPS) is 19.8. The zero-order valence-corrected chi connectivity index (χ0v) is 12.0. The van der Waals surface area contributed by atoms with Crippen LogP contribution in [0.5, 0.6) is 0 Å². The molecule has 1 saturated carbocycles. The summed E-state index contributed by atoms with van der Waals surface area (Å²) in [7, 11) is 0. The first-order valence-electron chi connectivity index (χ1n) is 7.45. The van der Waals surface area contributed by atoms with E-state index < -0.39 is 0 Å². The van der Waals surface area contributed by atoms with Crippen molar-refractivity contribution in [2.24, 2.45) is 11.8 Å². The van der Waals surface area contributed by atoms with E-state index >= 15 is 0 Å². The molecule has 0 saturated heterocycles. The number of rotatable bonds is 6. The molecule has 4 nitrogen and oxygen atoms in total. The Bertz CT molecular complexity index is 410. The number of aromatic nitrogens is 1. The maximum atomic E-state index is 14.0. The number of hydrazine groups is 1. The van der Waals surface area contributed by atoms with Gasteiger partial charge in [-0.05, 0) is 31.7 Å². The summed E-state index contributed by atoms with van der Waals surface area (Å²) in [6.45, 7) is 2.57. The van der Waals surface area contributed by atoms with Gasteiger partial charge in [0.2, 0.25) is 0 Å². The van der Waals surface area contributed by atoms with Crippen LogP contribution in [-0.4, -0.2) is 17.7 Å². The van der Waals surface area contributed by atoms with Gasteiger partial charge in [-0.3, -0.25) is 16.3 Å². The first-order valence-corrected chi connectivity index (χ1v) is 7.45. The molecule has 112 valence electrons. The van der Waals surface area contributed by atoms with E-state index in [2.05, 4.69) is 10.4 Å². The summed E-state index contributed by atoms with van der Waals surface area (Å²) in [4.78, 5) is 3.80. The molecule has 2 atom stereocenters. The number of nitrogens with one attached hydrogen (secondary N) is 1. The Morgan fingerprint density at radius 3 is 2.80 bits per heavy atom. The highest BCUT2D eigenvalue weighted by Gasteiger charge is 2.33. The highest BCUT2D eigenvalue weighted by Crippen LogP contribution is 2.34. The molecule has 0 amide bonds. The van der Waals surface area contributed by atoms with Crippen LogP contribution in [0.3, 0.4) is 0 Å². The van der Waals surface area contributed by atoms with E-state index in [4.69, 9.17) is 10.6 Å². The zero-order valence-electron chi connectivity index (χ0n) is 12.0. The minimum absolute atomic E-state index is 0.0952. The minimum Gasteiger partial charge on any atom is -0.376 e. The number of ether oxygens (including phenoxy) is 1. The molecule has 1 heterocycles. The van der Waals surface area contributed by atoms with E-state index in [1.807, 2.05) is 6.92 Å². The van der Waals surface area contributed by atoms with Crippen LogP contribution in [-0.2, 0) is 4.74 Å². The van der Waals surface area contributed by atoms with Crippen LogP contribution >= 0.6 is 0 Å². The standard InChI is InChI=1S/C15H24FN3O/c1-2-20-15(11-6-4-3-5-7-11)14(19-17)12-8-9-18-10-13(12)16/h8-11,14-15,19H,2-7,17H2,1H3. The first-order chi connectivity index (χ1) is 9.77. The van der Waals surface area contributed by atoms with Gasteiger partial charge >= 0.3 is 0 Å². The van der Waals surface area contributed by atoms with Crippen LogP contribution < -0.4 is 11.3 Å². The van der Waals surface area contributed by atoms with Crippen molar-refractivity contribution in [3.8, 4) is 0 Å². The highest BCUT2D eigenvalue weighted by molar-refractivity contribution is 5.19. The largest absolute Gasteiger partial charge is 0.376 e. The molecule has 1 fully saturated rings. The van der Waals surface area contributed by atoms with Crippen LogP contribution in [0.1, 0.15) is 50.6 Å². The molecule has 0 radical (unpaired) electrons. The third-order valence-corrected chi connectivity index (χ3v) is 4.12. The predicted molar refractivity (Wildman–Crippen MR) is 76.2 cm³/mol. The lowest BCUT2D eigenvalue weighted by atomic mass is 9.81. The Hall–Kier alpha value is -1.04. The van der Waals surface area contributed by atoms with Crippen molar-refractivity contribution in [1.82, 2.24) is 10.4 Å². The topological polar surface area (TPSA) is 60.2 Å². The Labute approximate surface area is 119 Å². The fraction of sp³-hybridized carbons (Fsp3) is 0.667. The molecule has 1 aromatic rings. The van der Waals surface area contributed by atoms with Gasteiger partial charge in [0.1, 0.15) is 5.82 Å². The van der Waals surface area contributed by atoms with Crippen molar-refractivity contribution in [2.45, 2.75) is 51.2 Å². The van der Waals surface area contributed by atoms with Crippen LogP contribution in [0.15, 0.2) is 18.5 Å². The highest BCUT2D eigenvalue weighted by atomic mass is 19.1. The Morgan fingerprint density at radius 1 is 1.45 bits per heavy atom. The van der Waals surface area contributed by atoms with Crippen LogP contribution in [0.25, 0.3) is 0 Å². The maximum absolute atomic E-state index is 14.0. The summed E-state index contributed by atoms with van der Waals surface area (Å²) in [6.07, 6.45) is 8.66. The lowest BCUT2D eigenvalue weighted by Gasteiger charge is -2.35. The smallest absolute Gasteiger partial charge is 0.146 e. The van der Waals surface area contributed by atoms with Gasteiger partial charge in [-0.15, -0.1) is 0 Å². The molecule has 5 heteroatoms. The van der Waals surface area contributed by atoms with E-state index in [0.29, 0.717) is 18.1 Å². The molecular weight excluding hydrogens is 257 g/mol. The van der Waals surface area contributed by atoms with E-state index in [1.54, 1.807) is 12.3 Å². The van der Waals surface area contributed by atoms with E-state index in [0.717, 1.165) is 12.8 Å². The quantitative estimate of drug-likeness (QED) is 0.622. The van der Waals surface area contributed by atoms with Crippen molar-refractivity contribution in [3.05, 3.63) is 29.8 Å². The number of pyridine rings is 1. The maximum Gasteiger partial charge on any atom is 0.146 e. The molecule has 1 aromatic heterocycles. The average Bonchev–Trinajstić information content (AvgIpc) is 2.50. The third kappa shape index (κ3) is 3.53. The Morgan fingerprint density at radius 2 is 2.20 bits per heavy atom. The van der Waals surface area contributed by atoms with Gasteiger partial charge in [0, 0.05) is 18.4 Å². The number of nitrogens with two attached hydrogens (primary N) is 1. The van der Waals surface area contributed by atoms with Gasteiger partial charge in [-0.2, -0.15) is 0 Å². The molecule has 20 heavy (non-hydrogen) atoms. The summed E-state index contributed by atoms with van der Waals surface area (Å²) in [5.74, 6) is 5.79. The zero-order chi connectivity index (χ0) is 14.4. The number of nitrogens with zero attached hydrogens (tertiary/aromatic N) is 1. The Balaban J connectivity index is 2.22. The molecular formula is C15H24FN3O. The van der Waals surface area contributed by atoms with Gasteiger partial charge < -0.3 is 4.74 Å². The van der Waals surface area contributed by atoms with Crippen LogP contribution in [0, 0.1) is 11.7 Å². The second-order valence-electron chi connectivity index (χ2n) is 5.36. The lowest BCUT2D eigenvalue weighted by molar-refractivity contribution is -0.0191. The lowest BCUT2D eigenvalue weighted by Crippen LogP contribution is -2.43. The number of hydrogen-bond donors (Lipinski definition) is 2. The van der Waals surface area contributed by atoms with Gasteiger partial charge in [0.25, 0.3) is 0 Å². The monoisotopic (exact) mass is 281 g/mol. The molecule has 0 aromatic carbocycles. The SMILES string of the molecule is CCOC(C1CCCCC1)C(NN)c1ccncc1F. The summed E-state index contributed by atoms with van der Waals surface area (Å²) >= 11 is 0. The molecule has 1 aliphatic rings. The van der Waals surface area contributed by atoms with E-state index in [1.165, 1.54) is 25.5 Å². The van der Waals surface area contributed by atoms with Crippen LogP contribution in [0.4, 0.5) is 4.39 Å². The summed E-state index contributed by atoms with van der Waals surface area (Å²) < 4.78 is 19.9. The molecule has 1 aliphatic carbocycles. The van der Waals surface area contributed by atoms with Crippen molar-refractivity contribution in [3.63, 3.8) is 0 Å². The van der Waals surface area contributed by atoms with Crippen molar-refractivity contribution >= 4 is 0 Å². The summed E-state index contributed by atoms with van der Waals surface area (Å²) in [5.41, 5.74) is 3.28. The second kappa shape index (κ2) is 7.67. The van der Waals surface area contributed by atoms with Gasteiger partial charge in [0.15, 0.2) is 0 Å². The second-order valence-corrected chi connectivity index (χ2v) is 5.36. The van der Waals surface area contributed by atoms with Crippen molar-refractivity contribution in [2.75, 3.05) is 6.61 Å². The van der Waals surface area contributed by atoms with E-state index in [9.17, 15) is 4.39 Å². The van der Waals surface area contributed by atoms with Crippen LogP contribution in [0.2, 0.25) is 0 Å². The first kappa shape index (κ1) is 15.4. The molecule has 0 spiro atoms. The third-order valence-electron chi connectivity index (χ3n) is 4.12. The van der Waals surface area contributed by atoms with Crippen molar-refractivity contribution in [1.29, 1.82) is 0 Å². The molecule has 3 N–H and O–H groups in total. The summed E-state index contributed by atoms with van der Waals surface area (Å²) in [6, 6.07) is 1.34. The summed E-state index contributed by atoms with van der Waals surface area (Å²) in [5, 5.41) is 0. The van der Waals surface area contributed by atoms with Crippen molar-refractivity contribution < 1.29 is 9.13 Å². The molecule has 0 aliphatic heterocycles. The van der Waals surface area contributed by atoms with E-state index in [-0.39, 0.29) is 18.0 Å². The van der Waals surface area contributed by atoms with Gasteiger partial charge in [-0.1, -0.05) is 19.3 Å². The number of hydrogen-bond acceptors (Lipinski definition) is 4. The fourth-order valence-electron chi connectivity index (χ4n) is 3.16.